The van der Waals surface area contributed by atoms with Gasteiger partial charge in [0.15, 0.2) is 5.78 Å². The number of aromatic nitrogens is 2. The molecule has 2 heterocycles. The Morgan fingerprint density at radius 3 is 2.37 bits per heavy atom. The van der Waals surface area contributed by atoms with Crippen molar-refractivity contribution in [1.29, 1.82) is 0 Å². The van der Waals surface area contributed by atoms with Crippen LogP contribution in [0.5, 0.6) is 0 Å². The number of carbonyl (C=O) groups is 1. The number of benzene rings is 1. The standard InChI is InChI=1S/C25H24N2O3/c1-16-12-13-17(2)27(16)23-11-7-10-21(26-23)19-15-22(28)20(24(29)25(19)30-3)14-18-8-5-4-6-9-18/h4-13,15,25,28H,14H2,1-3H3. The Kier molecular flexibility index (Phi) is 5.38. The molecule has 0 radical (unpaired) electrons. The maximum atomic E-state index is 13.2. The predicted octanol–water partition coefficient (Wildman–Crippen LogP) is 4.53. The zero-order chi connectivity index (χ0) is 21.3. The second-order valence-corrected chi connectivity index (χ2v) is 7.44. The Hall–Kier alpha value is -3.44. The maximum Gasteiger partial charge on any atom is 0.196 e. The molecule has 4 rings (SSSR count). The summed E-state index contributed by atoms with van der Waals surface area (Å²) in [6.45, 7) is 4.04. The molecule has 3 aromatic rings. The monoisotopic (exact) mass is 400 g/mol. The topological polar surface area (TPSA) is 64.3 Å². The third-order valence-electron chi connectivity index (χ3n) is 5.41. The molecule has 30 heavy (non-hydrogen) atoms. The van der Waals surface area contributed by atoms with E-state index in [4.69, 9.17) is 9.72 Å². The molecule has 1 unspecified atom stereocenters. The third kappa shape index (κ3) is 3.60. The van der Waals surface area contributed by atoms with Crippen molar-refractivity contribution in [3.63, 3.8) is 0 Å². The predicted molar refractivity (Wildman–Crippen MR) is 117 cm³/mol. The van der Waals surface area contributed by atoms with Crippen LogP contribution in [0, 0.1) is 13.8 Å². The van der Waals surface area contributed by atoms with E-state index in [2.05, 4.69) is 0 Å². The van der Waals surface area contributed by atoms with Crippen LogP contribution in [0.25, 0.3) is 11.4 Å². The number of aliphatic hydroxyl groups excluding tert-OH is 1. The Balaban J connectivity index is 1.76. The van der Waals surface area contributed by atoms with Crippen LogP contribution in [0.1, 0.15) is 22.6 Å². The molecule has 0 amide bonds. The number of carbonyl (C=O) groups excluding carboxylic acids is 1. The first-order valence-corrected chi connectivity index (χ1v) is 9.87. The lowest BCUT2D eigenvalue weighted by molar-refractivity contribution is -0.122. The average molecular weight is 400 g/mol. The van der Waals surface area contributed by atoms with Crippen LogP contribution >= 0.6 is 0 Å². The summed E-state index contributed by atoms with van der Waals surface area (Å²) in [6, 6.07) is 19.3. The minimum atomic E-state index is -0.811. The lowest BCUT2D eigenvalue weighted by atomic mass is 9.87. The van der Waals surface area contributed by atoms with Gasteiger partial charge in [0.25, 0.3) is 0 Å². The molecule has 0 saturated carbocycles. The van der Waals surface area contributed by atoms with Crippen LogP contribution in [0.15, 0.2) is 78.1 Å². The van der Waals surface area contributed by atoms with Crippen molar-refractivity contribution in [3.05, 3.63) is 101 Å². The quantitative estimate of drug-likeness (QED) is 0.684. The van der Waals surface area contributed by atoms with Gasteiger partial charge < -0.3 is 14.4 Å². The molecule has 0 fully saturated rings. The SMILES string of the molecule is COC1C(=O)C(Cc2ccccc2)=C(O)C=C1c1cccc(-n2c(C)ccc2C)n1. The number of aryl methyl sites for hydroxylation is 2. The summed E-state index contributed by atoms with van der Waals surface area (Å²) in [4.78, 5) is 17.9. The lowest BCUT2D eigenvalue weighted by Crippen LogP contribution is -2.31. The highest BCUT2D eigenvalue weighted by atomic mass is 16.5. The molecule has 2 aromatic heterocycles. The molecule has 152 valence electrons. The van der Waals surface area contributed by atoms with E-state index in [1.807, 2.05) is 79.1 Å². The van der Waals surface area contributed by atoms with Crippen LogP contribution in [0.3, 0.4) is 0 Å². The van der Waals surface area contributed by atoms with Crippen molar-refractivity contribution in [2.24, 2.45) is 0 Å². The second-order valence-electron chi connectivity index (χ2n) is 7.44. The first kappa shape index (κ1) is 19.9. The zero-order valence-corrected chi connectivity index (χ0v) is 17.3. The average Bonchev–Trinajstić information content (AvgIpc) is 3.09. The van der Waals surface area contributed by atoms with Gasteiger partial charge in [-0.1, -0.05) is 36.4 Å². The number of allylic oxidation sites excluding steroid dienone is 1. The third-order valence-corrected chi connectivity index (χ3v) is 5.41. The van der Waals surface area contributed by atoms with Gasteiger partial charge in [-0.3, -0.25) is 4.79 Å². The molecule has 0 spiro atoms. The van der Waals surface area contributed by atoms with Crippen molar-refractivity contribution in [1.82, 2.24) is 9.55 Å². The highest BCUT2D eigenvalue weighted by molar-refractivity contribution is 6.09. The van der Waals surface area contributed by atoms with Crippen molar-refractivity contribution in [3.8, 4) is 5.82 Å². The first-order chi connectivity index (χ1) is 14.5. The molecule has 0 saturated heterocycles. The molecule has 1 atom stereocenters. The van der Waals surface area contributed by atoms with Crippen LogP contribution in [0.4, 0.5) is 0 Å². The minimum Gasteiger partial charge on any atom is -0.508 e. The fraction of sp³-hybridized carbons (Fsp3) is 0.200. The Bertz CT molecular complexity index is 1140. The minimum absolute atomic E-state index is 0.0346. The summed E-state index contributed by atoms with van der Waals surface area (Å²) < 4.78 is 7.60. The number of rotatable bonds is 5. The van der Waals surface area contributed by atoms with E-state index in [1.165, 1.54) is 7.11 Å². The molecule has 1 N–H and O–H groups in total. The number of methoxy groups -OCH3 is 1. The molecule has 1 aliphatic carbocycles. The van der Waals surface area contributed by atoms with Crippen LogP contribution in [0.2, 0.25) is 0 Å². The molecule has 5 heteroatoms. The van der Waals surface area contributed by atoms with E-state index in [9.17, 15) is 9.90 Å². The van der Waals surface area contributed by atoms with Crippen molar-refractivity contribution >= 4 is 11.4 Å². The fourth-order valence-electron chi connectivity index (χ4n) is 3.89. The van der Waals surface area contributed by atoms with Gasteiger partial charge in [-0.2, -0.15) is 0 Å². The number of hydrogen-bond donors (Lipinski definition) is 1. The fourth-order valence-corrected chi connectivity index (χ4v) is 3.89. The Morgan fingerprint density at radius 1 is 1.00 bits per heavy atom. The molecule has 0 bridgehead atoms. The lowest BCUT2D eigenvalue weighted by Gasteiger charge is -2.24. The number of Topliss-reactive ketones (excluding diaryl/α,β-unsaturated/α-hetero) is 1. The smallest absolute Gasteiger partial charge is 0.196 e. The first-order valence-electron chi connectivity index (χ1n) is 9.87. The molecule has 1 aromatic carbocycles. The highest BCUT2D eigenvalue weighted by Gasteiger charge is 2.33. The van der Waals surface area contributed by atoms with Gasteiger partial charge in [-0.15, -0.1) is 0 Å². The van der Waals surface area contributed by atoms with E-state index in [0.717, 1.165) is 22.8 Å². The Morgan fingerprint density at radius 2 is 1.70 bits per heavy atom. The normalized spacial score (nSPS) is 16.7. The number of ether oxygens (including phenoxy) is 1. The van der Waals surface area contributed by atoms with E-state index < -0.39 is 6.10 Å². The van der Waals surface area contributed by atoms with Gasteiger partial charge in [0.2, 0.25) is 0 Å². The van der Waals surface area contributed by atoms with Crippen molar-refractivity contribution < 1.29 is 14.6 Å². The molecule has 5 nitrogen and oxygen atoms in total. The van der Waals surface area contributed by atoms with Gasteiger partial charge in [0, 0.05) is 36.1 Å². The number of aliphatic hydroxyl groups is 1. The summed E-state index contributed by atoms with van der Waals surface area (Å²) in [6.07, 6.45) is 1.15. The van der Waals surface area contributed by atoms with Crippen molar-refractivity contribution in [2.45, 2.75) is 26.4 Å². The van der Waals surface area contributed by atoms with Gasteiger partial charge in [-0.05, 0) is 49.8 Å². The van der Waals surface area contributed by atoms with Crippen molar-refractivity contribution in [2.75, 3.05) is 7.11 Å². The largest absolute Gasteiger partial charge is 0.508 e. The summed E-state index contributed by atoms with van der Waals surface area (Å²) in [5, 5.41) is 10.7. The number of ketones is 1. The molecular formula is C25H24N2O3. The van der Waals surface area contributed by atoms with E-state index >= 15 is 0 Å². The van der Waals surface area contributed by atoms with Gasteiger partial charge in [0.1, 0.15) is 17.7 Å². The van der Waals surface area contributed by atoms with E-state index in [1.54, 1.807) is 6.08 Å². The summed E-state index contributed by atoms with van der Waals surface area (Å²) in [5.41, 5.74) is 4.61. The Labute approximate surface area is 176 Å². The number of hydrogen-bond acceptors (Lipinski definition) is 4. The summed E-state index contributed by atoms with van der Waals surface area (Å²) in [5.74, 6) is 0.485. The highest BCUT2D eigenvalue weighted by Crippen LogP contribution is 2.31. The summed E-state index contributed by atoms with van der Waals surface area (Å²) in [7, 11) is 1.50. The van der Waals surface area contributed by atoms with Gasteiger partial charge >= 0.3 is 0 Å². The second kappa shape index (κ2) is 8.13. The number of pyridine rings is 1. The zero-order valence-electron chi connectivity index (χ0n) is 17.3. The number of nitrogens with zero attached hydrogens (tertiary/aromatic N) is 2. The van der Waals surface area contributed by atoms with Crippen LogP contribution in [-0.4, -0.2) is 33.7 Å². The van der Waals surface area contributed by atoms with E-state index in [0.29, 0.717) is 23.3 Å². The van der Waals surface area contributed by atoms with Gasteiger partial charge in [0.05, 0.1) is 5.69 Å². The molecular weight excluding hydrogens is 376 g/mol. The molecule has 0 aliphatic heterocycles. The summed E-state index contributed by atoms with van der Waals surface area (Å²) >= 11 is 0. The van der Waals surface area contributed by atoms with Gasteiger partial charge in [-0.25, -0.2) is 4.98 Å². The maximum absolute atomic E-state index is 13.2. The van der Waals surface area contributed by atoms with Crippen LogP contribution < -0.4 is 0 Å². The molecule has 1 aliphatic rings. The van der Waals surface area contributed by atoms with Crippen LogP contribution in [-0.2, 0) is 16.0 Å². The van der Waals surface area contributed by atoms with E-state index in [-0.39, 0.29) is 11.5 Å².